The number of hydrogen-bond donors (Lipinski definition) is 2. The number of hydrogen-bond acceptors (Lipinski definition) is 3. The molecule has 1 aliphatic heterocycles. The van der Waals surface area contributed by atoms with Crippen LogP contribution in [0.2, 0.25) is 0 Å². The fourth-order valence-electron chi connectivity index (χ4n) is 3.78. The highest BCUT2D eigenvalue weighted by molar-refractivity contribution is 5.97. The van der Waals surface area contributed by atoms with Crippen molar-refractivity contribution in [1.82, 2.24) is 15.5 Å². The molecule has 1 unspecified atom stereocenters. The van der Waals surface area contributed by atoms with Gasteiger partial charge in [-0.05, 0) is 47.9 Å². The first kappa shape index (κ1) is 22.2. The molecule has 33 heavy (non-hydrogen) atoms. The zero-order valence-corrected chi connectivity index (χ0v) is 18.2. The molecule has 1 saturated heterocycles. The lowest BCUT2D eigenvalue weighted by Crippen LogP contribution is -2.50. The fourth-order valence-corrected chi connectivity index (χ4v) is 3.78. The van der Waals surface area contributed by atoms with Crippen LogP contribution in [0.3, 0.4) is 0 Å². The van der Waals surface area contributed by atoms with E-state index in [4.69, 9.17) is 0 Å². The Morgan fingerprint density at radius 2 is 1.76 bits per heavy atom. The average Bonchev–Trinajstić information content (AvgIpc) is 2.80. The summed E-state index contributed by atoms with van der Waals surface area (Å²) in [7, 11) is 0. The van der Waals surface area contributed by atoms with Crippen LogP contribution in [0.15, 0.2) is 72.8 Å². The molecule has 7 heteroatoms. The molecule has 0 saturated carbocycles. The topological polar surface area (TPSA) is 78.5 Å². The Balaban J connectivity index is 1.34. The molecule has 4 rings (SSSR count). The molecule has 0 aliphatic carbocycles. The first-order chi connectivity index (χ1) is 15.9. The second-order valence-electron chi connectivity index (χ2n) is 8.11. The molecule has 4 amide bonds. The summed E-state index contributed by atoms with van der Waals surface area (Å²) in [6.07, 6.45) is 0.0941. The summed E-state index contributed by atoms with van der Waals surface area (Å²) in [5, 5.41) is 5.69. The maximum atomic E-state index is 13.1. The quantitative estimate of drug-likeness (QED) is 0.596. The van der Waals surface area contributed by atoms with Crippen LogP contribution in [-0.4, -0.2) is 22.7 Å². The molecule has 0 bridgehead atoms. The Morgan fingerprint density at radius 1 is 1.03 bits per heavy atom. The van der Waals surface area contributed by atoms with Crippen molar-refractivity contribution in [2.24, 2.45) is 0 Å². The van der Waals surface area contributed by atoms with Crippen molar-refractivity contribution >= 4 is 17.8 Å². The van der Waals surface area contributed by atoms with Crippen LogP contribution in [0.1, 0.15) is 45.1 Å². The van der Waals surface area contributed by atoms with Crippen molar-refractivity contribution in [3.8, 4) is 0 Å². The molecule has 1 heterocycles. The first-order valence-electron chi connectivity index (χ1n) is 10.7. The van der Waals surface area contributed by atoms with Crippen molar-refractivity contribution in [2.75, 3.05) is 0 Å². The van der Waals surface area contributed by atoms with Crippen molar-refractivity contribution in [2.45, 2.75) is 32.5 Å². The van der Waals surface area contributed by atoms with Gasteiger partial charge in [0.25, 0.3) is 5.91 Å². The highest BCUT2D eigenvalue weighted by Gasteiger charge is 2.32. The van der Waals surface area contributed by atoms with E-state index in [1.54, 1.807) is 36.4 Å². The zero-order valence-electron chi connectivity index (χ0n) is 18.2. The predicted molar refractivity (Wildman–Crippen MR) is 122 cm³/mol. The summed E-state index contributed by atoms with van der Waals surface area (Å²) in [6, 6.07) is 19.5. The van der Waals surface area contributed by atoms with Crippen LogP contribution in [-0.2, 0) is 17.9 Å². The van der Waals surface area contributed by atoms with Gasteiger partial charge in [0.1, 0.15) is 5.82 Å². The van der Waals surface area contributed by atoms with E-state index in [1.165, 1.54) is 12.1 Å². The standard InChI is InChI=1S/C26H24FN3O3/c1-17-3-2-4-19(13-17)15-28-25(32)21-7-5-18(6-8-21)16-30-24(31)14-23(29-26(30)33)20-9-11-22(27)12-10-20/h2-13,23H,14-16H2,1H3,(H,28,32)(H,29,33). The fraction of sp³-hybridized carbons (Fsp3) is 0.192. The van der Waals surface area contributed by atoms with Gasteiger partial charge in [-0.3, -0.25) is 14.5 Å². The second kappa shape index (κ2) is 9.65. The van der Waals surface area contributed by atoms with Gasteiger partial charge in [-0.1, -0.05) is 54.1 Å². The predicted octanol–water partition coefficient (Wildman–Crippen LogP) is 4.25. The Labute approximate surface area is 191 Å². The van der Waals surface area contributed by atoms with Crippen LogP contribution in [0.4, 0.5) is 9.18 Å². The Morgan fingerprint density at radius 3 is 2.42 bits per heavy atom. The normalized spacial score (nSPS) is 15.8. The zero-order chi connectivity index (χ0) is 23.4. The molecule has 2 N–H and O–H groups in total. The number of amides is 4. The van der Waals surface area contributed by atoms with Crippen molar-refractivity contribution < 1.29 is 18.8 Å². The van der Waals surface area contributed by atoms with Crippen LogP contribution in [0, 0.1) is 12.7 Å². The molecule has 3 aromatic rings. The molecule has 0 spiro atoms. The minimum atomic E-state index is -0.499. The number of nitrogens with zero attached hydrogens (tertiary/aromatic N) is 1. The Kier molecular flexibility index (Phi) is 6.49. The van der Waals surface area contributed by atoms with Gasteiger partial charge in [0.2, 0.25) is 5.91 Å². The molecular weight excluding hydrogens is 421 g/mol. The van der Waals surface area contributed by atoms with E-state index in [1.807, 2.05) is 31.2 Å². The Hall–Kier alpha value is -4.00. The smallest absolute Gasteiger partial charge is 0.324 e. The van der Waals surface area contributed by atoms with Crippen LogP contribution < -0.4 is 10.6 Å². The number of carbonyl (C=O) groups is 3. The summed E-state index contributed by atoms with van der Waals surface area (Å²) in [4.78, 5) is 38.7. The molecule has 0 aromatic heterocycles. The van der Waals surface area contributed by atoms with E-state index >= 15 is 0 Å². The summed E-state index contributed by atoms with van der Waals surface area (Å²) in [5.41, 5.74) is 4.06. The lowest BCUT2D eigenvalue weighted by molar-refractivity contribution is -0.130. The van der Waals surface area contributed by atoms with Crippen LogP contribution >= 0.6 is 0 Å². The van der Waals surface area contributed by atoms with Gasteiger partial charge < -0.3 is 10.6 Å². The molecule has 1 atom stereocenters. The van der Waals surface area contributed by atoms with E-state index in [0.717, 1.165) is 21.6 Å². The largest absolute Gasteiger partial charge is 0.348 e. The number of imide groups is 1. The van der Waals surface area contributed by atoms with Gasteiger partial charge in [-0.15, -0.1) is 0 Å². The van der Waals surface area contributed by atoms with Gasteiger partial charge >= 0.3 is 6.03 Å². The third kappa shape index (κ3) is 5.44. The summed E-state index contributed by atoms with van der Waals surface area (Å²) in [5.74, 6) is -0.883. The first-order valence-corrected chi connectivity index (χ1v) is 10.7. The van der Waals surface area contributed by atoms with Crippen molar-refractivity contribution in [3.05, 3.63) is 106 Å². The van der Waals surface area contributed by atoms with Gasteiger partial charge in [-0.2, -0.15) is 0 Å². The van der Waals surface area contributed by atoms with Crippen LogP contribution in [0.5, 0.6) is 0 Å². The second-order valence-corrected chi connectivity index (χ2v) is 8.11. The van der Waals surface area contributed by atoms with E-state index in [-0.39, 0.29) is 30.6 Å². The maximum absolute atomic E-state index is 13.1. The van der Waals surface area contributed by atoms with Crippen molar-refractivity contribution in [1.29, 1.82) is 0 Å². The Bertz CT molecular complexity index is 1160. The number of rotatable bonds is 6. The number of benzene rings is 3. The molecule has 1 aliphatic rings. The van der Waals surface area contributed by atoms with E-state index in [2.05, 4.69) is 10.6 Å². The third-order valence-corrected chi connectivity index (χ3v) is 5.59. The number of urea groups is 1. The van der Waals surface area contributed by atoms with E-state index in [9.17, 15) is 18.8 Å². The monoisotopic (exact) mass is 445 g/mol. The number of halogens is 1. The number of carbonyl (C=O) groups excluding carboxylic acids is 3. The van der Waals surface area contributed by atoms with Gasteiger partial charge in [-0.25, -0.2) is 9.18 Å². The third-order valence-electron chi connectivity index (χ3n) is 5.59. The molecule has 1 fully saturated rings. The molecular formula is C26H24FN3O3. The summed E-state index contributed by atoms with van der Waals surface area (Å²) < 4.78 is 13.1. The lowest BCUT2D eigenvalue weighted by Gasteiger charge is -2.31. The van der Waals surface area contributed by atoms with Gasteiger partial charge in [0, 0.05) is 12.1 Å². The van der Waals surface area contributed by atoms with E-state index in [0.29, 0.717) is 17.7 Å². The number of nitrogens with one attached hydrogen (secondary N) is 2. The minimum absolute atomic E-state index is 0.0941. The van der Waals surface area contributed by atoms with Gasteiger partial charge in [0.05, 0.1) is 19.0 Å². The minimum Gasteiger partial charge on any atom is -0.348 e. The molecule has 168 valence electrons. The summed E-state index contributed by atoms with van der Waals surface area (Å²) >= 11 is 0. The average molecular weight is 445 g/mol. The highest BCUT2D eigenvalue weighted by atomic mass is 19.1. The van der Waals surface area contributed by atoms with E-state index < -0.39 is 12.1 Å². The molecule has 0 radical (unpaired) electrons. The summed E-state index contributed by atoms with van der Waals surface area (Å²) in [6.45, 7) is 2.53. The maximum Gasteiger partial charge on any atom is 0.324 e. The highest BCUT2D eigenvalue weighted by Crippen LogP contribution is 2.24. The SMILES string of the molecule is Cc1cccc(CNC(=O)c2ccc(CN3C(=O)CC(c4ccc(F)cc4)NC3=O)cc2)c1. The number of aryl methyl sites for hydroxylation is 1. The molecule has 6 nitrogen and oxygen atoms in total. The van der Waals surface area contributed by atoms with Crippen molar-refractivity contribution in [3.63, 3.8) is 0 Å². The van der Waals surface area contributed by atoms with Crippen LogP contribution in [0.25, 0.3) is 0 Å². The lowest BCUT2D eigenvalue weighted by atomic mass is 10.0. The van der Waals surface area contributed by atoms with Gasteiger partial charge in [0.15, 0.2) is 0 Å². The molecule has 3 aromatic carbocycles.